The number of rotatable bonds is 4. The molecule has 1 N–H and O–H groups in total. The lowest BCUT2D eigenvalue weighted by Gasteiger charge is -2.18. The molecule has 3 heteroatoms. The third kappa shape index (κ3) is 2.10. The fraction of sp³-hybridized carbons (Fsp3) is 0.700. The van der Waals surface area contributed by atoms with Crippen molar-refractivity contribution in [2.24, 2.45) is 0 Å². The Morgan fingerprint density at radius 2 is 2.38 bits per heavy atom. The molecule has 0 aromatic carbocycles. The predicted molar refractivity (Wildman–Crippen MR) is 53.2 cm³/mol. The lowest BCUT2D eigenvalue weighted by atomic mass is 10.2. The summed E-state index contributed by atoms with van der Waals surface area (Å²) < 4.78 is 0. The Morgan fingerprint density at radius 1 is 1.69 bits per heavy atom. The van der Waals surface area contributed by atoms with Crippen LogP contribution in [-0.4, -0.2) is 30.1 Å². The molecule has 0 bridgehead atoms. The highest BCUT2D eigenvalue weighted by Crippen LogP contribution is 2.13. The molecule has 0 aliphatic carbocycles. The van der Waals surface area contributed by atoms with E-state index in [2.05, 4.69) is 18.8 Å². The van der Waals surface area contributed by atoms with Crippen LogP contribution in [0.5, 0.6) is 0 Å². The van der Waals surface area contributed by atoms with Crippen LogP contribution in [0.4, 0.5) is 0 Å². The van der Waals surface area contributed by atoms with E-state index in [9.17, 15) is 4.79 Å². The van der Waals surface area contributed by atoms with Gasteiger partial charge in [-0.1, -0.05) is 25.8 Å². The van der Waals surface area contributed by atoms with Crippen molar-refractivity contribution in [1.82, 2.24) is 10.2 Å². The van der Waals surface area contributed by atoms with Crippen molar-refractivity contribution < 1.29 is 4.79 Å². The maximum absolute atomic E-state index is 11.5. The second-order valence-corrected chi connectivity index (χ2v) is 3.49. The average molecular weight is 182 g/mol. The van der Waals surface area contributed by atoms with Crippen LogP contribution in [0.3, 0.4) is 0 Å². The van der Waals surface area contributed by atoms with Crippen molar-refractivity contribution in [2.75, 3.05) is 7.05 Å². The van der Waals surface area contributed by atoms with Crippen molar-refractivity contribution in [1.29, 1.82) is 0 Å². The third-order valence-electron chi connectivity index (χ3n) is 2.52. The molecule has 0 saturated carbocycles. The predicted octanol–water partition coefficient (Wildman–Crippen LogP) is 1.12. The van der Waals surface area contributed by atoms with Gasteiger partial charge in [0.1, 0.15) is 6.04 Å². The maximum atomic E-state index is 11.5. The van der Waals surface area contributed by atoms with Crippen molar-refractivity contribution >= 4 is 5.91 Å². The minimum atomic E-state index is -0.174. The van der Waals surface area contributed by atoms with E-state index in [-0.39, 0.29) is 18.1 Å². The van der Waals surface area contributed by atoms with Gasteiger partial charge in [0.2, 0.25) is 5.91 Å². The zero-order valence-corrected chi connectivity index (χ0v) is 8.42. The second-order valence-electron chi connectivity index (χ2n) is 3.49. The first kappa shape index (κ1) is 10.3. The summed E-state index contributed by atoms with van der Waals surface area (Å²) in [6, 6.07) is -0.174. The molecule has 1 aliphatic heterocycles. The van der Waals surface area contributed by atoms with Gasteiger partial charge < -0.3 is 4.90 Å². The van der Waals surface area contributed by atoms with Gasteiger partial charge in [0, 0.05) is 7.05 Å². The van der Waals surface area contributed by atoms with E-state index in [1.165, 1.54) is 6.42 Å². The summed E-state index contributed by atoms with van der Waals surface area (Å²) in [7, 11) is 1.85. The van der Waals surface area contributed by atoms with Crippen molar-refractivity contribution in [3.8, 4) is 0 Å². The molecule has 13 heavy (non-hydrogen) atoms. The number of nitrogens with zero attached hydrogens (tertiary/aromatic N) is 1. The first-order valence-electron chi connectivity index (χ1n) is 4.86. The monoisotopic (exact) mass is 182 g/mol. The largest absolute Gasteiger partial charge is 0.329 e. The molecule has 0 aromatic rings. The highest BCUT2D eigenvalue weighted by molar-refractivity contribution is 5.85. The average Bonchev–Trinajstić information content (AvgIpc) is 2.41. The van der Waals surface area contributed by atoms with Crippen LogP contribution < -0.4 is 5.32 Å². The summed E-state index contributed by atoms with van der Waals surface area (Å²) in [5.41, 5.74) is 0. The molecule has 1 amide bonds. The lowest BCUT2D eigenvalue weighted by Crippen LogP contribution is -2.34. The number of carbonyl (C=O) groups is 1. The Hall–Kier alpha value is -0.830. The van der Waals surface area contributed by atoms with E-state index in [4.69, 9.17) is 0 Å². The second kappa shape index (κ2) is 4.42. The smallest absolute Gasteiger partial charge is 0.244 e. The number of carbonyl (C=O) groups excluding carboxylic acids is 1. The standard InChI is InChI=1S/C10H18N2O/c1-4-6-7-9-11-8(5-2)10(13)12(9)3/h5,8-9,11H,2,4,6-7H2,1,3H3. The topological polar surface area (TPSA) is 32.3 Å². The van der Waals surface area contributed by atoms with Crippen LogP contribution in [0.25, 0.3) is 0 Å². The molecule has 2 atom stereocenters. The summed E-state index contributed by atoms with van der Waals surface area (Å²) in [6.07, 6.45) is 5.22. The van der Waals surface area contributed by atoms with E-state index in [0.29, 0.717) is 0 Å². The van der Waals surface area contributed by atoms with E-state index >= 15 is 0 Å². The van der Waals surface area contributed by atoms with Crippen LogP contribution in [0, 0.1) is 0 Å². The first-order valence-corrected chi connectivity index (χ1v) is 4.86. The first-order chi connectivity index (χ1) is 6.20. The van der Waals surface area contributed by atoms with Gasteiger partial charge in [0.25, 0.3) is 0 Å². The number of unbranched alkanes of at least 4 members (excludes halogenated alkanes) is 1. The van der Waals surface area contributed by atoms with Gasteiger partial charge in [-0.2, -0.15) is 0 Å². The van der Waals surface area contributed by atoms with Crippen LogP contribution in [-0.2, 0) is 4.79 Å². The van der Waals surface area contributed by atoms with Gasteiger partial charge in [-0.05, 0) is 6.42 Å². The zero-order chi connectivity index (χ0) is 9.84. The van der Waals surface area contributed by atoms with Crippen LogP contribution >= 0.6 is 0 Å². The number of hydrogen-bond donors (Lipinski definition) is 1. The van der Waals surface area contributed by atoms with Crippen LogP contribution in [0.2, 0.25) is 0 Å². The van der Waals surface area contributed by atoms with Gasteiger partial charge in [-0.15, -0.1) is 6.58 Å². The third-order valence-corrected chi connectivity index (χ3v) is 2.52. The number of amides is 1. The Morgan fingerprint density at radius 3 is 2.85 bits per heavy atom. The number of nitrogens with one attached hydrogen (secondary N) is 1. The lowest BCUT2D eigenvalue weighted by molar-refractivity contribution is -0.128. The molecular weight excluding hydrogens is 164 g/mol. The van der Waals surface area contributed by atoms with Crippen LogP contribution in [0.1, 0.15) is 26.2 Å². The molecule has 1 rings (SSSR count). The summed E-state index contributed by atoms with van der Waals surface area (Å²) in [4.78, 5) is 13.3. The van der Waals surface area contributed by atoms with Gasteiger partial charge in [0.05, 0.1) is 6.17 Å². The quantitative estimate of drug-likeness (QED) is 0.661. The van der Waals surface area contributed by atoms with E-state index in [1.807, 2.05) is 7.05 Å². The molecule has 0 radical (unpaired) electrons. The minimum Gasteiger partial charge on any atom is -0.329 e. The highest BCUT2D eigenvalue weighted by Gasteiger charge is 2.33. The Kier molecular flexibility index (Phi) is 3.48. The summed E-state index contributed by atoms with van der Waals surface area (Å²) in [5.74, 6) is 0.135. The van der Waals surface area contributed by atoms with Crippen molar-refractivity contribution in [2.45, 2.75) is 38.4 Å². The molecule has 0 spiro atoms. The summed E-state index contributed by atoms with van der Waals surface area (Å²) in [6.45, 7) is 5.79. The molecule has 1 heterocycles. The number of hydrogen-bond acceptors (Lipinski definition) is 2. The van der Waals surface area contributed by atoms with Crippen molar-refractivity contribution in [3.05, 3.63) is 12.7 Å². The van der Waals surface area contributed by atoms with Crippen molar-refractivity contribution in [3.63, 3.8) is 0 Å². The fourth-order valence-corrected chi connectivity index (χ4v) is 1.61. The fourth-order valence-electron chi connectivity index (χ4n) is 1.61. The molecule has 0 aromatic heterocycles. The van der Waals surface area contributed by atoms with Gasteiger partial charge in [0.15, 0.2) is 0 Å². The highest BCUT2D eigenvalue weighted by atomic mass is 16.2. The number of likely N-dealkylation sites (N-methyl/N-ethyl adjacent to an activating group) is 1. The zero-order valence-electron chi connectivity index (χ0n) is 8.42. The molecule has 1 aliphatic rings. The molecular formula is C10H18N2O. The van der Waals surface area contributed by atoms with E-state index in [1.54, 1.807) is 11.0 Å². The SMILES string of the molecule is C=CC1NC(CCCC)N(C)C1=O. The van der Waals surface area contributed by atoms with E-state index in [0.717, 1.165) is 12.8 Å². The summed E-state index contributed by atoms with van der Waals surface area (Å²) >= 11 is 0. The van der Waals surface area contributed by atoms with Gasteiger partial charge >= 0.3 is 0 Å². The molecule has 2 unspecified atom stereocenters. The molecule has 1 saturated heterocycles. The summed E-state index contributed by atoms with van der Waals surface area (Å²) in [5, 5.41) is 3.23. The normalized spacial score (nSPS) is 28.2. The Balaban J connectivity index is 2.50. The Labute approximate surface area is 79.8 Å². The minimum absolute atomic E-state index is 0.135. The molecule has 1 fully saturated rings. The Bertz CT molecular complexity index is 203. The maximum Gasteiger partial charge on any atom is 0.244 e. The van der Waals surface area contributed by atoms with Gasteiger partial charge in [-0.25, -0.2) is 0 Å². The molecule has 3 nitrogen and oxygen atoms in total. The molecule has 74 valence electrons. The van der Waals surface area contributed by atoms with Crippen LogP contribution in [0.15, 0.2) is 12.7 Å². The van der Waals surface area contributed by atoms with Gasteiger partial charge in [-0.3, -0.25) is 10.1 Å². The van der Waals surface area contributed by atoms with E-state index < -0.39 is 0 Å².